The molecular formula is C12H16BrN3. The van der Waals surface area contributed by atoms with E-state index in [0.29, 0.717) is 5.82 Å². The van der Waals surface area contributed by atoms with Crippen LogP contribution in [0.25, 0.3) is 5.65 Å². The Kier molecular flexibility index (Phi) is 2.70. The molecule has 2 heterocycles. The zero-order valence-electron chi connectivity index (χ0n) is 9.79. The SMILES string of the molecule is CC(C)(C)Cc1c(N)nc2ccc(Br)cn12. The Bertz CT molecular complexity index is 523. The predicted molar refractivity (Wildman–Crippen MR) is 70.5 cm³/mol. The summed E-state index contributed by atoms with van der Waals surface area (Å²) in [6, 6.07) is 3.94. The zero-order valence-corrected chi connectivity index (χ0v) is 11.4. The Morgan fingerprint density at radius 3 is 2.69 bits per heavy atom. The van der Waals surface area contributed by atoms with Crippen molar-refractivity contribution in [2.24, 2.45) is 5.41 Å². The van der Waals surface area contributed by atoms with E-state index in [4.69, 9.17) is 5.73 Å². The van der Waals surface area contributed by atoms with E-state index in [1.165, 1.54) is 0 Å². The molecule has 86 valence electrons. The van der Waals surface area contributed by atoms with Crippen LogP contribution in [0.2, 0.25) is 0 Å². The molecule has 2 rings (SSSR count). The molecule has 0 saturated heterocycles. The molecule has 2 aromatic heterocycles. The van der Waals surface area contributed by atoms with Crippen molar-refractivity contribution in [3.05, 3.63) is 28.5 Å². The molecule has 0 saturated carbocycles. The van der Waals surface area contributed by atoms with Crippen molar-refractivity contribution in [1.82, 2.24) is 9.38 Å². The minimum atomic E-state index is 0.201. The molecule has 3 nitrogen and oxygen atoms in total. The lowest BCUT2D eigenvalue weighted by Crippen LogP contribution is -2.12. The molecule has 0 aromatic carbocycles. The number of pyridine rings is 1. The first-order chi connectivity index (χ1) is 7.37. The summed E-state index contributed by atoms with van der Waals surface area (Å²) in [6.07, 6.45) is 2.93. The summed E-state index contributed by atoms with van der Waals surface area (Å²) in [5.41, 5.74) is 8.15. The molecule has 0 spiro atoms. The lowest BCUT2D eigenvalue weighted by Gasteiger charge is -2.18. The molecule has 16 heavy (non-hydrogen) atoms. The number of aromatic nitrogens is 2. The number of hydrogen-bond donors (Lipinski definition) is 1. The van der Waals surface area contributed by atoms with Crippen molar-refractivity contribution in [3.63, 3.8) is 0 Å². The third-order valence-corrected chi connectivity index (χ3v) is 2.88. The van der Waals surface area contributed by atoms with Gasteiger partial charge in [-0.15, -0.1) is 0 Å². The summed E-state index contributed by atoms with van der Waals surface area (Å²) in [5.74, 6) is 0.632. The van der Waals surface area contributed by atoms with Crippen LogP contribution in [0.1, 0.15) is 26.5 Å². The maximum absolute atomic E-state index is 5.96. The molecule has 0 amide bonds. The van der Waals surface area contributed by atoms with Crippen molar-refractivity contribution in [2.75, 3.05) is 5.73 Å². The van der Waals surface area contributed by atoms with E-state index in [0.717, 1.165) is 22.2 Å². The van der Waals surface area contributed by atoms with E-state index >= 15 is 0 Å². The van der Waals surface area contributed by atoms with Crippen LogP contribution in [-0.4, -0.2) is 9.38 Å². The summed E-state index contributed by atoms with van der Waals surface area (Å²) < 4.78 is 3.09. The minimum Gasteiger partial charge on any atom is -0.382 e. The number of imidazole rings is 1. The Balaban J connectivity index is 2.58. The van der Waals surface area contributed by atoms with E-state index in [1.54, 1.807) is 0 Å². The fourth-order valence-corrected chi connectivity index (χ4v) is 2.10. The van der Waals surface area contributed by atoms with E-state index < -0.39 is 0 Å². The van der Waals surface area contributed by atoms with Gasteiger partial charge in [0.05, 0.1) is 5.69 Å². The topological polar surface area (TPSA) is 43.3 Å². The van der Waals surface area contributed by atoms with E-state index in [-0.39, 0.29) is 5.41 Å². The van der Waals surface area contributed by atoms with Crippen LogP contribution in [0.3, 0.4) is 0 Å². The number of nitrogen functional groups attached to an aromatic ring is 1. The predicted octanol–water partition coefficient (Wildman–Crippen LogP) is 3.27. The van der Waals surface area contributed by atoms with Gasteiger partial charge in [-0.2, -0.15) is 0 Å². The summed E-state index contributed by atoms with van der Waals surface area (Å²) in [6.45, 7) is 6.59. The van der Waals surface area contributed by atoms with Gasteiger partial charge in [0.15, 0.2) is 0 Å². The number of nitrogens with zero attached hydrogens (tertiary/aromatic N) is 2. The molecule has 0 aliphatic heterocycles. The summed E-state index contributed by atoms with van der Waals surface area (Å²) in [7, 11) is 0. The molecule has 4 heteroatoms. The first kappa shape index (κ1) is 11.5. The van der Waals surface area contributed by atoms with E-state index in [9.17, 15) is 0 Å². The van der Waals surface area contributed by atoms with Gasteiger partial charge in [-0.05, 0) is 39.9 Å². The average Bonchev–Trinajstić information content (AvgIpc) is 2.42. The van der Waals surface area contributed by atoms with Gasteiger partial charge in [0, 0.05) is 10.7 Å². The van der Waals surface area contributed by atoms with Gasteiger partial charge in [0.2, 0.25) is 0 Å². The molecule has 0 bridgehead atoms. The molecule has 0 aliphatic carbocycles. The van der Waals surface area contributed by atoms with Gasteiger partial charge in [-0.3, -0.25) is 0 Å². The number of anilines is 1. The van der Waals surface area contributed by atoms with Gasteiger partial charge in [0.1, 0.15) is 11.5 Å². The quantitative estimate of drug-likeness (QED) is 0.872. The number of hydrogen-bond acceptors (Lipinski definition) is 2. The maximum Gasteiger partial charge on any atom is 0.145 e. The maximum atomic E-state index is 5.96. The number of fused-ring (bicyclic) bond motifs is 1. The molecule has 0 atom stereocenters. The number of nitrogens with two attached hydrogens (primary N) is 1. The second-order valence-electron chi connectivity index (χ2n) is 5.26. The van der Waals surface area contributed by atoms with Gasteiger partial charge >= 0.3 is 0 Å². The highest BCUT2D eigenvalue weighted by molar-refractivity contribution is 9.10. The van der Waals surface area contributed by atoms with Gasteiger partial charge in [0.25, 0.3) is 0 Å². The highest BCUT2D eigenvalue weighted by Gasteiger charge is 2.17. The lowest BCUT2D eigenvalue weighted by atomic mass is 9.90. The molecule has 0 radical (unpaired) electrons. The summed E-state index contributed by atoms with van der Waals surface area (Å²) >= 11 is 3.47. The minimum absolute atomic E-state index is 0.201. The van der Waals surface area contributed by atoms with Crippen LogP contribution in [0.5, 0.6) is 0 Å². The largest absolute Gasteiger partial charge is 0.382 e. The van der Waals surface area contributed by atoms with Crippen molar-refractivity contribution < 1.29 is 0 Å². The smallest absolute Gasteiger partial charge is 0.145 e. The fraction of sp³-hybridized carbons (Fsp3) is 0.417. The molecule has 2 aromatic rings. The van der Waals surface area contributed by atoms with E-state index in [1.807, 2.05) is 18.3 Å². The first-order valence-electron chi connectivity index (χ1n) is 5.29. The van der Waals surface area contributed by atoms with Crippen LogP contribution in [0, 0.1) is 5.41 Å². The van der Waals surface area contributed by atoms with Gasteiger partial charge < -0.3 is 10.1 Å². The van der Waals surface area contributed by atoms with Gasteiger partial charge in [-0.25, -0.2) is 4.98 Å². The van der Waals surface area contributed by atoms with Crippen molar-refractivity contribution in [3.8, 4) is 0 Å². The second kappa shape index (κ2) is 3.77. The average molecular weight is 282 g/mol. The Labute approximate surface area is 104 Å². The molecule has 0 fully saturated rings. The third-order valence-electron chi connectivity index (χ3n) is 2.41. The normalized spacial score (nSPS) is 12.2. The van der Waals surface area contributed by atoms with Crippen LogP contribution in [0.15, 0.2) is 22.8 Å². The van der Waals surface area contributed by atoms with Crippen LogP contribution < -0.4 is 5.73 Å². The summed E-state index contributed by atoms with van der Waals surface area (Å²) in [4.78, 5) is 4.36. The summed E-state index contributed by atoms with van der Waals surface area (Å²) in [5, 5.41) is 0. The Morgan fingerprint density at radius 1 is 1.38 bits per heavy atom. The van der Waals surface area contributed by atoms with Crippen molar-refractivity contribution in [2.45, 2.75) is 27.2 Å². The van der Waals surface area contributed by atoms with Crippen LogP contribution in [-0.2, 0) is 6.42 Å². The Morgan fingerprint density at radius 2 is 2.06 bits per heavy atom. The standard InChI is InChI=1S/C12H16BrN3/c1-12(2,3)6-9-11(14)15-10-5-4-8(13)7-16(9)10/h4-5,7H,6,14H2,1-3H3. The molecule has 2 N–H and O–H groups in total. The lowest BCUT2D eigenvalue weighted by molar-refractivity contribution is 0.406. The molecule has 0 unspecified atom stereocenters. The monoisotopic (exact) mass is 281 g/mol. The highest BCUT2D eigenvalue weighted by Crippen LogP contribution is 2.26. The van der Waals surface area contributed by atoms with Gasteiger partial charge in [-0.1, -0.05) is 20.8 Å². The number of halogens is 1. The second-order valence-corrected chi connectivity index (χ2v) is 6.17. The van der Waals surface area contributed by atoms with Crippen LogP contribution >= 0.6 is 15.9 Å². The Hall–Kier alpha value is -1.03. The van der Waals surface area contributed by atoms with Crippen LogP contribution in [0.4, 0.5) is 5.82 Å². The van der Waals surface area contributed by atoms with Crippen molar-refractivity contribution in [1.29, 1.82) is 0 Å². The van der Waals surface area contributed by atoms with Crippen molar-refractivity contribution >= 4 is 27.4 Å². The fourth-order valence-electron chi connectivity index (χ4n) is 1.76. The first-order valence-corrected chi connectivity index (χ1v) is 6.08. The molecular weight excluding hydrogens is 266 g/mol. The third kappa shape index (κ3) is 2.21. The molecule has 0 aliphatic rings. The van der Waals surface area contributed by atoms with E-state index in [2.05, 4.69) is 46.1 Å². The zero-order chi connectivity index (χ0) is 11.9. The number of rotatable bonds is 1. The highest BCUT2D eigenvalue weighted by atomic mass is 79.9.